The minimum absolute atomic E-state index is 0.0940. The van der Waals surface area contributed by atoms with Crippen LogP contribution in [0.25, 0.3) is 69.9 Å². The lowest BCUT2D eigenvalue weighted by Gasteiger charge is -2.29. The molecule has 10 aromatic rings. The van der Waals surface area contributed by atoms with Crippen molar-refractivity contribution in [3.63, 3.8) is 0 Å². The van der Waals surface area contributed by atoms with Crippen LogP contribution in [0, 0.1) is 0 Å². The Labute approximate surface area is 318 Å². The number of fused-ring (bicyclic) bond motifs is 9. The van der Waals surface area contributed by atoms with Crippen molar-refractivity contribution in [1.29, 1.82) is 0 Å². The molecule has 0 spiro atoms. The van der Waals surface area contributed by atoms with Gasteiger partial charge in [-0.1, -0.05) is 135 Å². The maximum absolute atomic E-state index is 2.47. The number of hydrogen-bond donors (Lipinski definition) is 0. The van der Waals surface area contributed by atoms with Crippen LogP contribution < -0.4 is 4.90 Å². The molecule has 2 heterocycles. The quantitative estimate of drug-likeness (QED) is 0.173. The van der Waals surface area contributed by atoms with Crippen molar-refractivity contribution >= 4 is 70.4 Å². The number of nitrogens with zero attached hydrogens (tertiary/aromatic N) is 2. The second kappa shape index (κ2) is 11.8. The molecule has 0 aliphatic heterocycles. The third-order valence-electron chi connectivity index (χ3n) is 11.6. The predicted molar refractivity (Wildman–Crippen MR) is 231 cm³/mol. The van der Waals surface area contributed by atoms with Crippen molar-refractivity contribution in [2.24, 2.45) is 0 Å². The van der Waals surface area contributed by atoms with Gasteiger partial charge in [0, 0.05) is 48.6 Å². The summed E-state index contributed by atoms with van der Waals surface area (Å²) in [6.07, 6.45) is 0. The normalized spacial score (nSPS) is 13.1. The lowest BCUT2D eigenvalue weighted by molar-refractivity contribution is 0.660. The molecule has 0 atom stereocenters. The van der Waals surface area contributed by atoms with Crippen molar-refractivity contribution in [2.75, 3.05) is 4.90 Å². The van der Waals surface area contributed by atoms with E-state index in [2.05, 4.69) is 205 Å². The number of thiophene rings is 1. The molecule has 8 aromatic carbocycles. The maximum Gasteiger partial charge on any atom is 0.0640 e. The van der Waals surface area contributed by atoms with Gasteiger partial charge in [-0.05, 0) is 88.5 Å². The van der Waals surface area contributed by atoms with Gasteiger partial charge in [0.25, 0.3) is 0 Å². The molecule has 0 saturated carbocycles. The van der Waals surface area contributed by atoms with Crippen molar-refractivity contribution in [1.82, 2.24) is 4.57 Å². The first-order valence-electron chi connectivity index (χ1n) is 18.7. The average Bonchev–Trinajstić information content (AvgIpc) is 3.84. The zero-order valence-corrected chi connectivity index (χ0v) is 30.9. The first-order valence-corrected chi connectivity index (χ1v) is 19.5. The summed E-state index contributed by atoms with van der Waals surface area (Å²) in [6.45, 7) is 4.71. The number of benzene rings is 8. The molecule has 1 aliphatic carbocycles. The van der Waals surface area contributed by atoms with Gasteiger partial charge >= 0.3 is 0 Å². The van der Waals surface area contributed by atoms with E-state index >= 15 is 0 Å². The average molecular weight is 709 g/mol. The second-order valence-electron chi connectivity index (χ2n) is 14.9. The molecule has 0 bridgehead atoms. The molecule has 11 rings (SSSR count). The zero-order valence-electron chi connectivity index (χ0n) is 30.1. The van der Waals surface area contributed by atoms with E-state index < -0.39 is 0 Å². The smallest absolute Gasteiger partial charge is 0.0640 e. The predicted octanol–water partition coefficient (Wildman–Crippen LogP) is 14.6. The third kappa shape index (κ3) is 4.52. The van der Waals surface area contributed by atoms with Gasteiger partial charge in [0.05, 0.1) is 27.1 Å². The van der Waals surface area contributed by atoms with Crippen molar-refractivity contribution in [2.45, 2.75) is 19.3 Å². The number of para-hydroxylation sites is 3. The van der Waals surface area contributed by atoms with E-state index in [1.807, 2.05) is 11.3 Å². The van der Waals surface area contributed by atoms with E-state index in [0.717, 1.165) is 17.1 Å². The maximum atomic E-state index is 2.47. The van der Waals surface area contributed by atoms with E-state index in [0.29, 0.717) is 0 Å². The Hall–Kier alpha value is -6.42. The van der Waals surface area contributed by atoms with Crippen LogP contribution in [0.5, 0.6) is 0 Å². The summed E-state index contributed by atoms with van der Waals surface area (Å²) < 4.78 is 5.10. The largest absolute Gasteiger partial charge is 0.310 e. The SMILES string of the molecule is CC1(C)c2ccccc2-c2ccc(N(c3ccccc3)c3ccccc3-c3ccc4c(c3)c3ccccc3n4-c3cccc4c3sc3ccccc34)cc21. The molecular formula is C51H36N2S. The molecule has 0 unspecified atom stereocenters. The van der Waals surface area contributed by atoms with Crippen LogP contribution in [0.4, 0.5) is 17.1 Å². The van der Waals surface area contributed by atoms with Gasteiger partial charge in [0.2, 0.25) is 0 Å². The Morgan fingerprint density at radius 3 is 2.04 bits per heavy atom. The van der Waals surface area contributed by atoms with Gasteiger partial charge in [-0.25, -0.2) is 0 Å². The summed E-state index contributed by atoms with van der Waals surface area (Å²) in [4.78, 5) is 2.43. The van der Waals surface area contributed by atoms with Gasteiger partial charge < -0.3 is 9.47 Å². The molecule has 1 aliphatic rings. The molecule has 256 valence electrons. The highest BCUT2D eigenvalue weighted by Crippen LogP contribution is 2.51. The first kappa shape index (κ1) is 31.1. The molecule has 2 nitrogen and oxygen atoms in total. The summed E-state index contributed by atoms with van der Waals surface area (Å²) in [6, 6.07) is 67.0. The highest BCUT2D eigenvalue weighted by Gasteiger charge is 2.36. The number of hydrogen-bond acceptors (Lipinski definition) is 2. The van der Waals surface area contributed by atoms with Crippen LogP contribution >= 0.6 is 11.3 Å². The third-order valence-corrected chi connectivity index (χ3v) is 12.8. The van der Waals surface area contributed by atoms with Gasteiger partial charge in [-0.15, -0.1) is 11.3 Å². The van der Waals surface area contributed by atoms with Crippen LogP contribution in [-0.4, -0.2) is 4.57 Å². The summed E-state index contributed by atoms with van der Waals surface area (Å²) in [7, 11) is 0. The van der Waals surface area contributed by atoms with E-state index in [-0.39, 0.29) is 5.41 Å². The van der Waals surface area contributed by atoms with Crippen LogP contribution in [-0.2, 0) is 5.41 Å². The molecular weight excluding hydrogens is 673 g/mol. The van der Waals surface area contributed by atoms with Gasteiger partial charge in [0.1, 0.15) is 0 Å². The summed E-state index contributed by atoms with van der Waals surface area (Å²) in [5.74, 6) is 0. The standard InChI is InChI=1S/C51H36N2S/c1-51(2)43-22-10-6-18-37(43)38-29-28-35(32-44(38)51)52(34-15-4-3-5-16-34)45-23-11-7-17-36(45)33-27-30-47-42(31-33)39-19-8-12-24-46(39)53(47)48-25-14-21-41-40-20-9-13-26-49(40)54-50(41)48/h3-32H,1-2H3. The Bertz CT molecular complexity index is 3090. The van der Waals surface area contributed by atoms with Crippen LogP contribution in [0.15, 0.2) is 182 Å². The van der Waals surface area contributed by atoms with Crippen LogP contribution in [0.2, 0.25) is 0 Å². The van der Waals surface area contributed by atoms with Gasteiger partial charge in [-0.2, -0.15) is 0 Å². The monoisotopic (exact) mass is 708 g/mol. The van der Waals surface area contributed by atoms with Gasteiger partial charge in [0.15, 0.2) is 0 Å². The summed E-state index contributed by atoms with van der Waals surface area (Å²) >= 11 is 1.88. The lowest BCUT2D eigenvalue weighted by Crippen LogP contribution is -2.16. The minimum Gasteiger partial charge on any atom is -0.310 e. The molecule has 0 saturated heterocycles. The van der Waals surface area contributed by atoms with Crippen LogP contribution in [0.1, 0.15) is 25.0 Å². The molecule has 0 amide bonds. The fourth-order valence-electron chi connectivity index (χ4n) is 9.06. The second-order valence-corrected chi connectivity index (χ2v) is 16.0. The topological polar surface area (TPSA) is 8.17 Å². The van der Waals surface area contributed by atoms with Crippen LogP contribution in [0.3, 0.4) is 0 Å². The lowest BCUT2D eigenvalue weighted by atomic mass is 9.82. The van der Waals surface area contributed by atoms with Crippen molar-refractivity contribution in [3.05, 3.63) is 193 Å². The van der Waals surface area contributed by atoms with E-state index in [1.54, 1.807) is 0 Å². The molecule has 0 fully saturated rings. The molecule has 3 heteroatoms. The Morgan fingerprint density at radius 2 is 1.15 bits per heavy atom. The fourth-order valence-corrected chi connectivity index (χ4v) is 10.3. The summed E-state index contributed by atoms with van der Waals surface area (Å²) in [5.41, 5.74) is 14.8. The highest BCUT2D eigenvalue weighted by atomic mass is 32.1. The zero-order chi connectivity index (χ0) is 36.0. The number of rotatable bonds is 5. The van der Waals surface area contributed by atoms with Crippen molar-refractivity contribution in [3.8, 4) is 27.9 Å². The molecule has 0 radical (unpaired) electrons. The van der Waals surface area contributed by atoms with E-state index in [1.165, 1.54) is 81.0 Å². The number of anilines is 3. The van der Waals surface area contributed by atoms with Gasteiger partial charge in [-0.3, -0.25) is 0 Å². The Balaban J connectivity index is 1.10. The Kier molecular flexibility index (Phi) is 6.80. The fraction of sp³-hybridized carbons (Fsp3) is 0.0588. The molecule has 54 heavy (non-hydrogen) atoms. The number of aromatic nitrogens is 1. The highest BCUT2D eigenvalue weighted by molar-refractivity contribution is 7.26. The first-order chi connectivity index (χ1) is 26.6. The van der Waals surface area contributed by atoms with E-state index in [4.69, 9.17) is 0 Å². The minimum atomic E-state index is -0.0940. The van der Waals surface area contributed by atoms with Crippen molar-refractivity contribution < 1.29 is 0 Å². The van der Waals surface area contributed by atoms with E-state index in [9.17, 15) is 0 Å². The molecule has 0 N–H and O–H groups in total. The Morgan fingerprint density at radius 1 is 0.463 bits per heavy atom. The molecule has 2 aromatic heterocycles. The summed E-state index contributed by atoms with van der Waals surface area (Å²) in [5, 5.41) is 5.13.